The van der Waals surface area contributed by atoms with Gasteiger partial charge in [0.1, 0.15) is 0 Å². The molecule has 2 heteroatoms. The maximum atomic E-state index is 3.57. The molecule has 0 amide bonds. The van der Waals surface area contributed by atoms with Gasteiger partial charge in [-0.1, -0.05) is 34.5 Å². The molecular formula is C12H16BrN. The third kappa shape index (κ3) is 2.37. The molecule has 0 heterocycles. The fourth-order valence-electron chi connectivity index (χ4n) is 1.69. The minimum atomic E-state index is 0.777. The first-order valence-electron chi connectivity index (χ1n) is 5.24. The van der Waals surface area contributed by atoms with Crippen LogP contribution in [0.5, 0.6) is 0 Å². The topological polar surface area (TPSA) is 12.0 Å². The summed E-state index contributed by atoms with van der Waals surface area (Å²) >= 11 is 3.51. The predicted molar refractivity (Wildman–Crippen MR) is 63.4 cm³/mol. The average Bonchev–Trinajstić information content (AvgIpc) is 2.08. The van der Waals surface area contributed by atoms with Crippen LogP contribution in [0.25, 0.3) is 0 Å². The monoisotopic (exact) mass is 253 g/mol. The van der Waals surface area contributed by atoms with Crippen LogP contribution in [0.2, 0.25) is 0 Å². The molecule has 1 fully saturated rings. The molecule has 0 atom stereocenters. The van der Waals surface area contributed by atoms with Gasteiger partial charge in [-0.05, 0) is 37.0 Å². The molecule has 1 aromatic rings. The van der Waals surface area contributed by atoms with Gasteiger partial charge in [0, 0.05) is 17.1 Å². The van der Waals surface area contributed by atoms with Gasteiger partial charge in [0.05, 0.1) is 0 Å². The highest BCUT2D eigenvalue weighted by molar-refractivity contribution is 9.10. The van der Waals surface area contributed by atoms with Crippen molar-refractivity contribution in [1.29, 1.82) is 0 Å². The highest BCUT2D eigenvalue weighted by Gasteiger charge is 2.15. The van der Waals surface area contributed by atoms with E-state index in [4.69, 9.17) is 0 Å². The Kier molecular flexibility index (Phi) is 3.24. The number of nitrogens with one attached hydrogen (secondary N) is 1. The second-order valence-electron chi connectivity index (χ2n) is 4.09. The van der Waals surface area contributed by atoms with Crippen molar-refractivity contribution in [3.05, 3.63) is 33.8 Å². The number of aryl methyl sites for hydroxylation is 1. The van der Waals surface area contributed by atoms with Gasteiger partial charge in [0.25, 0.3) is 0 Å². The fraction of sp³-hybridized carbons (Fsp3) is 0.500. The largest absolute Gasteiger partial charge is 0.310 e. The molecule has 0 aromatic heterocycles. The fourth-order valence-corrected chi connectivity index (χ4v) is 1.94. The molecule has 1 aliphatic rings. The summed E-state index contributed by atoms with van der Waals surface area (Å²) in [6.07, 6.45) is 4.11. The van der Waals surface area contributed by atoms with E-state index in [2.05, 4.69) is 46.4 Å². The van der Waals surface area contributed by atoms with Crippen molar-refractivity contribution in [2.45, 2.75) is 38.8 Å². The lowest BCUT2D eigenvalue weighted by Crippen LogP contribution is -2.34. The lowest BCUT2D eigenvalue weighted by molar-refractivity contribution is 0.338. The summed E-state index contributed by atoms with van der Waals surface area (Å²) in [5.41, 5.74) is 2.70. The van der Waals surface area contributed by atoms with Crippen LogP contribution in [0.15, 0.2) is 22.7 Å². The zero-order valence-electron chi connectivity index (χ0n) is 8.52. The number of benzene rings is 1. The Labute approximate surface area is 94.0 Å². The quantitative estimate of drug-likeness (QED) is 0.871. The highest BCUT2D eigenvalue weighted by Crippen LogP contribution is 2.20. The SMILES string of the molecule is Cc1cc(CNC2CCC2)ccc1Br. The van der Waals surface area contributed by atoms with Crippen molar-refractivity contribution in [3.63, 3.8) is 0 Å². The summed E-state index contributed by atoms with van der Waals surface area (Å²) in [4.78, 5) is 0. The van der Waals surface area contributed by atoms with Crippen LogP contribution in [0.3, 0.4) is 0 Å². The Morgan fingerprint density at radius 1 is 1.43 bits per heavy atom. The zero-order valence-corrected chi connectivity index (χ0v) is 10.1. The van der Waals surface area contributed by atoms with Crippen LogP contribution in [0.1, 0.15) is 30.4 Å². The van der Waals surface area contributed by atoms with Crippen molar-refractivity contribution in [3.8, 4) is 0 Å². The molecule has 0 spiro atoms. The van der Waals surface area contributed by atoms with E-state index in [0.29, 0.717) is 0 Å². The lowest BCUT2D eigenvalue weighted by atomic mass is 9.93. The van der Waals surface area contributed by atoms with Crippen molar-refractivity contribution in [2.24, 2.45) is 0 Å². The predicted octanol–water partition coefficient (Wildman–Crippen LogP) is 3.40. The van der Waals surface area contributed by atoms with Crippen LogP contribution in [0, 0.1) is 6.92 Å². The zero-order chi connectivity index (χ0) is 9.97. The first kappa shape index (κ1) is 10.2. The van der Waals surface area contributed by atoms with E-state index in [1.54, 1.807) is 0 Å². The number of hydrogen-bond acceptors (Lipinski definition) is 1. The van der Waals surface area contributed by atoms with E-state index in [-0.39, 0.29) is 0 Å². The summed E-state index contributed by atoms with van der Waals surface area (Å²) in [5.74, 6) is 0. The van der Waals surface area contributed by atoms with Crippen LogP contribution in [-0.2, 0) is 6.54 Å². The lowest BCUT2D eigenvalue weighted by Gasteiger charge is -2.26. The Hall–Kier alpha value is -0.340. The summed E-state index contributed by atoms with van der Waals surface area (Å²) in [6, 6.07) is 7.34. The first-order valence-corrected chi connectivity index (χ1v) is 6.03. The number of rotatable bonds is 3. The maximum absolute atomic E-state index is 3.57. The minimum Gasteiger partial charge on any atom is -0.310 e. The Balaban J connectivity index is 1.91. The number of hydrogen-bond donors (Lipinski definition) is 1. The Morgan fingerprint density at radius 3 is 2.79 bits per heavy atom. The third-order valence-electron chi connectivity index (χ3n) is 2.92. The van der Waals surface area contributed by atoms with E-state index in [0.717, 1.165) is 12.6 Å². The minimum absolute atomic E-state index is 0.777. The molecule has 1 nitrogen and oxygen atoms in total. The van der Waals surface area contributed by atoms with Gasteiger partial charge in [-0.25, -0.2) is 0 Å². The van der Waals surface area contributed by atoms with E-state index < -0.39 is 0 Å². The summed E-state index contributed by atoms with van der Waals surface area (Å²) in [7, 11) is 0. The molecule has 76 valence electrons. The second-order valence-corrected chi connectivity index (χ2v) is 4.95. The van der Waals surface area contributed by atoms with Crippen LogP contribution in [0.4, 0.5) is 0 Å². The van der Waals surface area contributed by atoms with Gasteiger partial charge in [-0.2, -0.15) is 0 Å². The molecular weight excluding hydrogens is 238 g/mol. The molecule has 0 aliphatic heterocycles. The summed E-state index contributed by atoms with van der Waals surface area (Å²) < 4.78 is 1.20. The maximum Gasteiger partial charge on any atom is 0.0208 e. The Bertz CT molecular complexity index is 318. The molecule has 0 saturated heterocycles. The standard InChI is InChI=1S/C12H16BrN/c1-9-7-10(5-6-12(9)13)8-14-11-3-2-4-11/h5-7,11,14H,2-4,8H2,1H3. The third-order valence-corrected chi connectivity index (χ3v) is 3.81. The van der Waals surface area contributed by atoms with E-state index in [9.17, 15) is 0 Å². The molecule has 0 radical (unpaired) electrons. The van der Waals surface area contributed by atoms with Crippen molar-refractivity contribution >= 4 is 15.9 Å². The smallest absolute Gasteiger partial charge is 0.0208 e. The van der Waals surface area contributed by atoms with Gasteiger partial charge in [0.2, 0.25) is 0 Å². The molecule has 0 unspecified atom stereocenters. The van der Waals surface area contributed by atoms with Crippen LogP contribution >= 0.6 is 15.9 Å². The molecule has 0 bridgehead atoms. The normalized spacial score (nSPS) is 16.7. The molecule has 1 N–H and O–H groups in total. The van der Waals surface area contributed by atoms with Gasteiger partial charge in [0.15, 0.2) is 0 Å². The van der Waals surface area contributed by atoms with Gasteiger partial charge in [-0.3, -0.25) is 0 Å². The highest BCUT2D eigenvalue weighted by atomic mass is 79.9. The van der Waals surface area contributed by atoms with E-state index in [1.807, 2.05) is 0 Å². The average molecular weight is 254 g/mol. The van der Waals surface area contributed by atoms with Crippen LogP contribution < -0.4 is 5.32 Å². The van der Waals surface area contributed by atoms with Crippen molar-refractivity contribution < 1.29 is 0 Å². The van der Waals surface area contributed by atoms with E-state index in [1.165, 1.54) is 34.9 Å². The summed E-state index contributed by atoms with van der Waals surface area (Å²) in [6.45, 7) is 3.15. The molecule has 14 heavy (non-hydrogen) atoms. The van der Waals surface area contributed by atoms with E-state index >= 15 is 0 Å². The van der Waals surface area contributed by atoms with Crippen LogP contribution in [-0.4, -0.2) is 6.04 Å². The van der Waals surface area contributed by atoms with Crippen molar-refractivity contribution in [2.75, 3.05) is 0 Å². The summed E-state index contributed by atoms with van der Waals surface area (Å²) in [5, 5.41) is 3.57. The number of halogens is 1. The van der Waals surface area contributed by atoms with Crippen molar-refractivity contribution in [1.82, 2.24) is 5.32 Å². The first-order chi connectivity index (χ1) is 6.75. The second kappa shape index (κ2) is 4.45. The van der Waals surface area contributed by atoms with Gasteiger partial charge in [-0.15, -0.1) is 0 Å². The molecule has 1 saturated carbocycles. The van der Waals surface area contributed by atoms with Gasteiger partial charge >= 0.3 is 0 Å². The molecule has 1 aliphatic carbocycles. The Morgan fingerprint density at radius 2 is 2.21 bits per heavy atom. The van der Waals surface area contributed by atoms with Gasteiger partial charge < -0.3 is 5.32 Å². The molecule has 1 aromatic carbocycles. The molecule has 2 rings (SSSR count).